The molecule has 3 aromatic carbocycles. The molecule has 0 atom stereocenters. The number of esters is 1. The van der Waals surface area contributed by atoms with Crippen molar-refractivity contribution in [2.24, 2.45) is 4.99 Å². The highest BCUT2D eigenvalue weighted by Crippen LogP contribution is 2.42. The predicted molar refractivity (Wildman–Crippen MR) is 110 cm³/mol. The van der Waals surface area contributed by atoms with Crippen LogP contribution in [0.2, 0.25) is 0 Å². The van der Waals surface area contributed by atoms with E-state index in [0.29, 0.717) is 16.7 Å². The van der Waals surface area contributed by atoms with Crippen molar-refractivity contribution in [1.82, 2.24) is 0 Å². The zero-order valence-corrected chi connectivity index (χ0v) is 16.8. The van der Waals surface area contributed by atoms with Gasteiger partial charge in [-0.3, -0.25) is 4.99 Å². The van der Waals surface area contributed by atoms with E-state index in [0.717, 1.165) is 5.56 Å². The summed E-state index contributed by atoms with van der Waals surface area (Å²) in [7, 11) is -2.35. The van der Waals surface area contributed by atoms with Crippen LogP contribution in [0.5, 0.6) is 0 Å². The number of carbonyl (C=O) groups is 1. The molecule has 0 amide bonds. The standard InChI is InChI=1S/C23H19NO4S/c1-15-11-13-16(14-12-15)21(23(25)28-2)24-22-17-7-3-5-9-19(17)29(26,27)20-10-6-4-8-18(20)22/h3-14,22H,1-2H3. The van der Waals surface area contributed by atoms with Gasteiger partial charge in [0, 0.05) is 16.7 Å². The predicted octanol–water partition coefficient (Wildman–Crippen LogP) is 3.89. The molecule has 0 aliphatic carbocycles. The summed E-state index contributed by atoms with van der Waals surface area (Å²) in [5, 5.41) is 0. The highest BCUT2D eigenvalue weighted by atomic mass is 32.2. The van der Waals surface area contributed by atoms with Gasteiger partial charge in [-0.1, -0.05) is 66.2 Å². The van der Waals surface area contributed by atoms with Gasteiger partial charge in [0.25, 0.3) is 0 Å². The van der Waals surface area contributed by atoms with Gasteiger partial charge in [0.05, 0.1) is 16.9 Å². The maximum Gasteiger partial charge on any atom is 0.356 e. The zero-order chi connectivity index (χ0) is 20.6. The van der Waals surface area contributed by atoms with Crippen molar-refractivity contribution in [3.63, 3.8) is 0 Å². The van der Waals surface area contributed by atoms with E-state index in [2.05, 4.69) is 0 Å². The first-order valence-corrected chi connectivity index (χ1v) is 10.6. The molecule has 0 saturated carbocycles. The molecule has 146 valence electrons. The summed E-state index contributed by atoms with van der Waals surface area (Å²) in [5.74, 6) is -0.572. The Hall–Kier alpha value is -3.25. The van der Waals surface area contributed by atoms with Gasteiger partial charge in [-0.15, -0.1) is 0 Å². The molecule has 6 heteroatoms. The maximum atomic E-state index is 13.1. The number of sulfone groups is 1. The lowest BCUT2D eigenvalue weighted by molar-refractivity contribution is -0.132. The van der Waals surface area contributed by atoms with Crippen LogP contribution in [0.15, 0.2) is 87.6 Å². The normalized spacial score (nSPS) is 15.3. The van der Waals surface area contributed by atoms with Gasteiger partial charge < -0.3 is 4.74 Å². The number of carbonyl (C=O) groups excluding carboxylic acids is 1. The van der Waals surface area contributed by atoms with Gasteiger partial charge in [-0.25, -0.2) is 13.2 Å². The van der Waals surface area contributed by atoms with Gasteiger partial charge in [-0.05, 0) is 19.1 Å². The molecule has 29 heavy (non-hydrogen) atoms. The van der Waals surface area contributed by atoms with Crippen molar-refractivity contribution in [3.8, 4) is 0 Å². The second kappa shape index (κ2) is 7.29. The van der Waals surface area contributed by atoms with Crippen molar-refractivity contribution >= 4 is 21.5 Å². The summed E-state index contributed by atoms with van der Waals surface area (Å²) in [6.07, 6.45) is 0. The molecule has 0 radical (unpaired) electrons. The van der Waals surface area contributed by atoms with Gasteiger partial charge in [-0.2, -0.15) is 0 Å². The lowest BCUT2D eigenvalue weighted by Crippen LogP contribution is -2.22. The van der Waals surface area contributed by atoms with Gasteiger partial charge >= 0.3 is 5.97 Å². The van der Waals surface area contributed by atoms with Crippen LogP contribution in [0.4, 0.5) is 0 Å². The monoisotopic (exact) mass is 405 g/mol. The van der Waals surface area contributed by atoms with Crippen LogP contribution in [-0.4, -0.2) is 27.2 Å². The Bertz CT molecular complexity index is 1170. The molecule has 1 aliphatic rings. The van der Waals surface area contributed by atoms with E-state index in [1.165, 1.54) is 7.11 Å². The lowest BCUT2D eigenvalue weighted by Gasteiger charge is -2.26. The van der Waals surface area contributed by atoms with Crippen molar-refractivity contribution in [2.45, 2.75) is 22.8 Å². The molecule has 0 N–H and O–H groups in total. The molecular weight excluding hydrogens is 386 g/mol. The van der Waals surface area contributed by atoms with Crippen LogP contribution in [0.25, 0.3) is 0 Å². The minimum absolute atomic E-state index is 0.154. The van der Waals surface area contributed by atoms with Crippen molar-refractivity contribution in [1.29, 1.82) is 0 Å². The third kappa shape index (κ3) is 3.25. The molecule has 0 unspecified atom stereocenters. The second-order valence-electron chi connectivity index (χ2n) is 6.82. The Morgan fingerprint density at radius 3 is 1.90 bits per heavy atom. The summed E-state index contributed by atoms with van der Waals surface area (Å²) in [6, 6.07) is 20.3. The number of hydrogen-bond donors (Lipinski definition) is 0. The molecule has 0 aromatic heterocycles. The Balaban J connectivity index is 1.98. The number of aryl methyl sites for hydroxylation is 1. The topological polar surface area (TPSA) is 72.8 Å². The van der Waals surface area contributed by atoms with Crippen molar-refractivity contribution in [2.75, 3.05) is 7.11 Å². The molecular formula is C23H19NO4S. The third-order valence-electron chi connectivity index (χ3n) is 4.97. The first kappa shape index (κ1) is 19.1. The minimum atomic E-state index is -3.65. The largest absolute Gasteiger partial charge is 0.464 e. The number of ether oxygens (including phenoxy) is 1. The lowest BCUT2D eigenvalue weighted by atomic mass is 9.97. The average molecular weight is 405 g/mol. The first-order valence-electron chi connectivity index (χ1n) is 9.09. The third-order valence-corrected chi connectivity index (χ3v) is 6.87. The molecule has 0 bridgehead atoms. The van der Waals surface area contributed by atoms with Crippen LogP contribution >= 0.6 is 0 Å². The van der Waals surface area contributed by atoms with Crippen LogP contribution in [0.1, 0.15) is 28.3 Å². The number of nitrogens with zero attached hydrogens (tertiary/aromatic N) is 1. The first-order chi connectivity index (χ1) is 13.9. The second-order valence-corrected chi connectivity index (χ2v) is 8.70. The fourth-order valence-electron chi connectivity index (χ4n) is 3.51. The van der Waals surface area contributed by atoms with Crippen molar-refractivity contribution < 1.29 is 17.9 Å². The summed E-state index contributed by atoms with van der Waals surface area (Å²) >= 11 is 0. The van der Waals surface area contributed by atoms with Crippen LogP contribution in [-0.2, 0) is 19.4 Å². The summed E-state index contributed by atoms with van der Waals surface area (Å²) in [4.78, 5) is 17.7. The van der Waals surface area contributed by atoms with E-state index in [4.69, 9.17) is 9.73 Å². The summed E-state index contributed by atoms with van der Waals surface area (Å²) in [5.41, 5.74) is 2.91. The fraction of sp³-hybridized carbons (Fsp3) is 0.130. The number of hydrogen-bond acceptors (Lipinski definition) is 5. The van der Waals surface area contributed by atoms with Crippen LogP contribution in [0, 0.1) is 6.92 Å². The van der Waals surface area contributed by atoms with E-state index in [9.17, 15) is 13.2 Å². The smallest absolute Gasteiger partial charge is 0.356 e. The molecule has 1 aliphatic heterocycles. The highest BCUT2D eigenvalue weighted by Gasteiger charge is 2.35. The zero-order valence-electron chi connectivity index (χ0n) is 16.0. The molecule has 1 heterocycles. The minimum Gasteiger partial charge on any atom is -0.464 e. The molecule has 0 spiro atoms. The van der Waals surface area contributed by atoms with Crippen molar-refractivity contribution in [3.05, 3.63) is 95.1 Å². The van der Waals surface area contributed by atoms with Crippen LogP contribution < -0.4 is 0 Å². The molecule has 0 saturated heterocycles. The number of benzene rings is 3. The molecule has 3 aromatic rings. The van der Waals surface area contributed by atoms with Gasteiger partial charge in [0.1, 0.15) is 6.04 Å². The highest BCUT2D eigenvalue weighted by molar-refractivity contribution is 7.91. The van der Waals surface area contributed by atoms with E-state index in [-0.39, 0.29) is 15.5 Å². The number of rotatable bonds is 3. The quantitative estimate of drug-likeness (QED) is 0.489. The molecule has 4 rings (SSSR count). The van der Waals surface area contributed by atoms with E-state index < -0.39 is 21.8 Å². The number of methoxy groups -OCH3 is 1. The van der Waals surface area contributed by atoms with E-state index in [1.807, 2.05) is 31.2 Å². The van der Waals surface area contributed by atoms with Gasteiger partial charge in [0.15, 0.2) is 5.71 Å². The maximum absolute atomic E-state index is 13.1. The summed E-state index contributed by atoms with van der Waals surface area (Å²) in [6.45, 7) is 1.96. The Labute approximate surface area is 169 Å². The molecule has 0 fully saturated rings. The molecule has 5 nitrogen and oxygen atoms in total. The SMILES string of the molecule is COC(=O)C(=NC1c2ccccc2S(=O)(=O)c2ccccc21)c1ccc(C)cc1. The number of fused-ring (bicyclic) bond motifs is 2. The fourth-order valence-corrected chi connectivity index (χ4v) is 5.24. The van der Waals surface area contributed by atoms with E-state index >= 15 is 0 Å². The Morgan fingerprint density at radius 2 is 1.38 bits per heavy atom. The average Bonchev–Trinajstić information content (AvgIpc) is 2.74. The van der Waals surface area contributed by atoms with Crippen LogP contribution in [0.3, 0.4) is 0 Å². The van der Waals surface area contributed by atoms with Gasteiger partial charge in [0.2, 0.25) is 9.84 Å². The summed E-state index contributed by atoms with van der Waals surface area (Å²) < 4.78 is 31.1. The Kier molecular flexibility index (Phi) is 4.80. The van der Waals surface area contributed by atoms with E-state index in [1.54, 1.807) is 48.5 Å². The number of aliphatic imine (C=N–C) groups is 1. The Morgan fingerprint density at radius 1 is 0.862 bits per heavy atom.